The molecular formula is C26H32ClN5O3. The van der Waals surface area contributed by atoms with E-state index in [4.69, 9.17) is 0 Å². The SMILES string of the molecule is Cl.O=C1CC(c2ccccc2)NCCCN(C(=O)Cn2cnc3ccccc3c2=O)CCCCN1. The molecule has 1 atom stereocenters. The molecule has 1 unspecified atom stereocenters. The first-order valence-electron chi connectivity index (χ1n) is 11.9. The van der Waals surface area contributed by atoms with Gasteiger partial charge in [-0.25, -0.2) is 4.98 Å². The number of nitrogens with zero attached hydrogens (tertiary/aromatic N) is 3. The molecule has 9 heteroatoms. The second-order valence-corrected chi connectivity index (χ2v) is 8.61. The number of hydrogen-bond acceptors (Lipinski definition) is 5. The van der Waals surface area contributed by atoms with Gasteiger partial charge in [-0.1, -0.05) is 42.5 Å². The number of rotatable bonds is 3. The first-order chi connectivity index (χ1) is 16.6. The summed E-state index contributed by atoms with van der Waals surface area (Å²) in [6.07, 6.45) is 4.15. The van der Waals surface area contributed by atoms with Crippen LogP contribution in [0.5, 0.6) is 0 Å². The van der Waals surface area contributed by atoms with Crippen molar-refractivity contribution in [2.24, 2.45) is 0 Å². The zero-order valence-corrected chi connectivity index (χ0v) is 20.5. The largest absolute Gasteiger partial charge is 0.356 e. The Kier molecular flexibility index (Phi) is 9.81. The van der Waals surface area contributed by atoms with E-state index in [0.717, 1.165) is 24.8 Å². The van der Waals surface area contributed by atoms with E-state index in [9.17, 15) is 14.4 Å². The first-order valence-corrected chi connectivity index (χ1v) is 11.9. The first kappa shape index (κ1) is 26.4. The monoisotopic (exact) mass is 497 g/mol. The lowest BCUT2D eigenvalue weighted by Crippen LogP contribution is -2.39. The number of hydrogen-bond donors (Lipinski definition) is 2. The normalized spacial score (nSPS) is 17.9. The Morgan fingerprint density at radius 1 is 0.943 bits per heavy atom. The molecule has 3 aromatic rings. The molecule has 1 aromatic heterocycles. The van der Waals surface area contributed by atoms with Crippen molar-refractivity contribution in [1.82, 2.24) is 25.1 Å². The zero-order chi connectivity index (χ0) is 23.8. The Labute approximate surface area is 211 Å². The Hall–Kier alpha value is -3.23. The lowest BCUT2D eigenvalue weighted by Gasteiger charge is -2.24. The molecule has 2 N–H and O–H groups in total. The molecule has 1 saturated heterocycles. The Balaban J connectivity index is 0.00000342. The van der Waals surface area contributed by atoms with Gasteiger partial charge in [0.25, 0.3) is 5.56 Å². The predicted octanol–water partition coefficient (Wildman–Crippen LogP) is 2.67. The quantitative estimate of drug-likeness (QED) is 0.580. The van der Waals surface area contributed by atoms with E-state index >= 15 is 0 Å². The third-order valence-corrected chi connectivity index (χ3v) is 6.15. The molecule has 8 nitrogen and oxygen atoms in total. The second-order valence-electron chi connectivity index (χ2n) is 8.61. The molecule has 0 radical (unpaired) electrons. The highest BCUT2D eigenvalue weighted by molar-refractivity contribution is 5.85. The molecule has 2 aromatic carbocycles. The van der Waals surface area contributed by atoms with E-state index in [-0.39, 0.29) is 42.4 Å². The number of amides is 2. The van der Waals surface area contributed by atoms with Gasteiger partial charge >= 0.3 is 0 Å². The van der Waals surface area contributed by atoms with Gasteiger partial charge in [-0.15, -0.1) is 12.4 Å². The fourth-order valence-corrected chi connectivity index (χ4v) is 4.28. The summed E-state index contributed by atoms with van der Waals surface area (Å²) in [6, 6.07) is 17.0. The van der Waals surface area contributed by atoms with E-state index in [0.29, 0.717) is 43.5 Å². The van der Waals surface area contributed by atoms with E-state index in [1.165, 1.54) is 10.9 Å². The van der Waals surface area contributed by atoms with Crippen molar-refractivity contribution < 1.29 is 9.59 Å². The number of aromatic nitrogens is 2. The summed E-state index contributed by atoms with van der Waals surface area (Å²) in [6.45, 7) is 2.40. The van der Waals surface area contributed by atoms with Crippen molar-refractivity contribution in [2.45, 2.75) is 38.3 Å². The van der Waals surface area contributed by atoms with Crippen LogP contribution in [0.25, 0.3) is 10.9 Å². The number of halogens is 1. The standard InChI is InChI=1S/C26H31N5O3.ClH/c32-24-17-23(20-9-2-1-3-10-20)27-14-8-16-30(15-7-6-13-28-24)25(33)18-31-19-29-22-12-5-4-11-21(22)26(31)34;/h1-5,9-12,19,23,27H,6-8,13-18H2,(H,28,32);1H. The molecule has 35 heavy (non-hydrogen) atoms. The molecule has 1 aliphatic rings. The van der Waals surface area contributed by atoms with Gasteiger partial charge in [0.05, 0.1) is 17.2 Å². The minimum atomic E-state index is -0.208. The lowest BCUT2D eigenvalue weighted by molar-refractivity contribution is -0.132. The molecule has 0 spiro atoms. The number of carbonyl (C=O) groups is 2. The van der Waals surface area contributed by atoms with Gasteiger partial charge < -0.3 is 15.5 Å². The van der Waals surface area contributed by atoms with Crippen molar-refractivity contribution in [3.63, 3.8) is 0 Å². The molecule has 2 heterocycles. The van der Waals surface area contributed by atoms with Crippen LogP contribution in [0.1, 0.15) is 37.3 Å². The summed E-state index contributed by atoms with van der Waals surface area (Å²) < 4.78 is 1.38. The average Bonchev–Trinajstić information content (AvgIpc) is 2.88. The van der Waals surface area contributed by atoms with Crippen LogP contribution < -0.4 is 16.2 Å². The van der Waals surface area contributed by atoms with Gasteiger partial charge in [0.15, 0.2) is 0 Å². The number of benzene rings is 2. The maximum atomic E-state index is 13.1. The fraction of sp³-hybridized carbons (Fsp3) is 0.385. The van der Waals surface area contributed by atoms with E-state index in [1.54, 1.807) is 18.2 Å². The maximum absolute atomic E-state index is 13.1. The van der Waals surface area contributed by atoms with E-state index in [2.05, 4.69) is 15.6 Å². The van der Waals surface area contributed by atoms with Gasteiger partial charge in [0.1, 0.15) is 6.54 Å². The lowest BCUT2D eigenvalue weighted by atomic mass is 10.0. The molecule has 0 saturated carbocycles. The molecule has 4 rings (SSSR count). The van der Waals surface area contributed by atoms with Crippen LogP contribution in [0.2, 0.25) is 0 Å². The Morgan fingerprint density at radius 2 is 1.69 bits per heavy atom. The third-order valence-electron chi connectivity index (χ3n) is 6.15. The molecule has 0 bridgehead atoms. The minimum absolute atomic E-state index is 0. The van der Waals surface area contributed by atoms with Crippen LogP contribution >= 0.6 is 12.4 Å². The van der Waals surface area contributed by atoms with Gasteiger partial charge in [-0.05, 0) is 43.5 Å². The highest BCUT2D eigenvalue weighted by atomic mass is 35.5. The molecule has 1 aliphatic heterocycles. The van der Waals surface area contributed by atoms with Crippen molar-refractivity contribution in [3.05, 3.63) is 76.8 Å². The van der Waals surface area contributed by atoms with Crippen LogP contribution in [-0.4, -0.2) is 52.4 Å². The average molecular weight is 498 g/mol. The van der Waals surface area contributed by atoms with Crippen LogP contribution in [0.4, 0.5) is 0 Å². The van der Waals surface area contributed by atoms with Crippen molar-refractivity contribution in [2.75, 3.05) is 26.2 Å². The van der Waals surface area contributed by atoms with Crippen molar-refractivity contribution in [3.8, 4) is 0 Å². The highest BCUT2D eigenvalue weighted by Crippen LogP contribution is 2.17. The number of para-hydroxylation sites is 1. The van der Waals surface area contributed by atoms with Crippen LogP contribution in [0.3, 0.4) is 0 Å². The van der Waals surface area contributed by atoms with Gasteiger partial charge in [0.2, 0.25) is 11.8 Å². The van der Waals surface area contributed by atoms with Crippen LogP contribution in [-0.2, 0) is 16.1 Å². The third kappa shape index (κ3) is 7.13. The van der Waals surface area contributed by atoms with Gasteiger partial charge in [-0.3, -0.25) is 19.0 Å². The summed E-state index contributed by atoms with van der Waals surface area (Å²) in [7, 11) is 0. The number of fused-ring (bicyclic) bond motifs is 1. The van der Waals surface area contributed by atoms with Crippen LogP contribution in [0.15, 0.2) is 65.7 Å². The molecule has 0 aliphatic carbocycles. The van der Waals surface area contributed by atoms with Gasteiger partial charge in [0, 0.05) is 32.1 Å². The fourth-order valence-electron chi connectivity index (χ4n) is 4.28. The van der Waals surface area contributed by atoms with Crippen molar-refractivity contribution in [1.29, 1.82) is 0 Å². The minimum Gasteiger partial charge on any atom is -0.356 e. The Morgan fingerprint density at radius 3 is 2.51 bits per heavy atom. The van der Waals surface area contributed by atoms with E-state index < -0.39 is 0 Å². The number of nitrogens with one attached hydrogen (secondary N) is 2. The molecule has 1 fully saturated rings. The van der Waals surface area contributed by atoms with E-state index in [1.807, 2.05) is 41.3 Å². The molecule has 186 valence electrons. The zero-order valence-electron chi connectivity index (χ0n) is 19.7. The molecule has 2 amide bonds. The summed E-state index contributed by atoms with van der Waals surface area (Å²) in [5, 5.41) is 6.98. The smallest absolute Gasteiger partial charge is 0.261 e. The summed E-state index contributed by atoms with van der Waals surface area (Å²) in [4.78, 5) is 44.5. The topological polar surface area (TPSA) is 96.3 Å². The Bertz CT molecular complexity index is 1180. The summed E-state index contributed by atoms with van der Waals surface area (Å²) >= 11 is 0. The highest BCUT2D eigenvalue weighted by Gasteiger charge is 2.18. The maximum Gasteiger partial charge on any atom is 0.261 e. The summed E-state index contributed by atoms with van der Waals surface area (Å²) in [5.41, 5.74) is 1.49. The van der Waals surface area contributed by atoms with Crippen molar-refractivity contribution >= 4 is 35.1 Å². The number of carbonyl (C=O) groups excluding carboxylic acids is 2. The van der Waals surface area contributed by atoms with Gasteiger partial charge in [-0.2, -0.15) is 0 Å². The van der Waals surface area contributed by atoms with Crippen LogP contribution in [0, 0.1) is 0 Å². The molecular weight excluding hydrogens is 466 g/mol. The summed E-state index contributed by atoms with van der Waals surface area (Å²) in [5.74, 6) is -0.0746. The predicted molar refractivity (Wildman–Crippen MR) is 138 cm³/mol. The second kappa shape index (κ2) is 13.0.